The zero-order valence-corrected chi connectivity index (χ0v) is 8.13. The van der Waals surface area contributed by atoms with Crippen molar-refractivity contribution in [3.05, 3.63) is 41.7 Å². The zero-order valence-electron chi connectivity index (χ0n) is 8.13. The molecule has 0 unspecified atom stereocenters. The Bertz CT molecular complexity index is 272. The molecule has 0 amide bonds. The molecule has 0 saturated heterocycles. The largest absolute Gasteiger partial charge is 0.207 e. The summed E-state index contributed by atoms with van der Waals surface area (Å²) in [6.45, 7) is 4.32. The van der Waals surface area contributed by atoms with Gasteiger partial charge >= 0.3 is 0 Å². The van der Waals surface area contributed by atoms with Crippen molar-refractivity contribution in [1.29, 1.82) is 0 Å². The van der Waals surface area contributed by atoms with Crippen LogP contribution in [0.3, 0.4) is 0 Å². The van der Waals surface area contributed by atoms with Crippen LogP contribution in [0.1, 0.15) is 25.8 Å². The summed E-state index contributed by atoms with van der Waals surface area (Å²) in [5.74, 6) is 0.408. The average molecular weight is 178 g/mol. The van der Waals surface area contributed by atoms with Crippen LogP contribution in [0.5, 0.6) is 0 Å². The third-order valence-electron chi connectivity index (χ3n) is 2.13. The summed E-state index contributed by atoms with van der Waals surface area (Å²) in [5, 5.41) is 0. The van der Waals surface area contributed by atoms with E-state index in [0.717, 1.165) is 12.0 Å². The predicted octanol–water partition coefficient (Wildman–Crippen LogP) is 3.89. The molecule has 1 heteroatoms. The van der Waals surface area contributed by atoms with Crippen LogP contribution in [-0.4, -0.2) is 0 Å². The molecule has 1 atom stereocenters. The standard InChI is InChI=1S/C12H15F/c1-3-10(2)4-5-11-6-8-12(13)9-7-11/h4-10H,3H2,1-2H3/b5-4+/t10-/m0/s1. The Morgan fingerprint density at radius 2 is 1.92 bits per heavy atom. The van der Waals surface area contributed by atoms with Gasteiger partial charge in [0.15, 0.2) is 0 Å². The highest BCUT2D eigenvalue weighted by molar-refractivity contribution is 5.48. The maximum atomic E-state index is 12.5. The summed E-state index contributed by atoms with van der Waals surface area (Å²) in [4.78, 5) is 0. The summed E-state index contributed by atoms with van der Waals surface area (Å²) in [6, 6.07) is 6.54. The second kappa shape index (κ2) is 4.80. The maximum absolute atomic E-state index is 12.5. The topological polar surface area (TPSA) is 0 Å². The zero-order chi connectivity index (χ0) is 9.68. The Hall–Kier alpha value is -1.11. The quantitative estimate of drug-likeness (QED) is 0.658. The van der Waals surface area contributed by atoms with Crippen molar-refractivity contribution in [1.82, 2.24) is 0 Å². The maximum Gasteiger partial charge on any atom is 0.123 e. The second-order valence-corrected chi connectivity index (χ2v) is 3.30. The van der Waals surface area contributed by atoms with Gasteiger partial charge in [0, 0.05) is 0 Å². The van der Waals surface area contributed by atoms with Crippen LogP contribution in [-0.2, 0) is 0 Å². The second-order valence-electron chi connectivity index (χ2n) is 3.30. The molecule has 0 aliphatic heterocycles. The molecular weight excluding hydrogens is 163 g/mol. The summed E-state index contributed by atoms with van der Waals surface area (Å²) >= 11 is 0. The molecule has 0 radical (unpaired) electrons. The van der Waals surface area contributed by atoms with E-state index < -0.39 is 0 Å². The van der Waals surface area contributed by atoms with Gasteiger partial charge < -0.3 is 0 Å². The van der Waals surface area contributed by atoms with E-state index in [1.54, 1.807) is 12.1 Å². The SMILES string of the molecule is CC[C@H](C)/C=C/c1ccc(F)cc1. The fourth-order valence-electron chi connectivity index (χ4n) is 0.985. The third-order valence-corrected chi connectivity index (χ3v) is 2.13. The fraction of sp³-hybridized carbons (Fsp3) is 0.333. The first kappa shape index (κ1) is 9.97. The Kier molecular flexibility index (Phi) is 3.69. The van der Waals surface area contributed by atoms with Gasteiger partial charge in [0.25, 0.3) is 0 Å². The summed E-state index contributed by atoms with van der Waals surface area (Å²) in [7, 11) is 0. The van der Waals surface area contributed by atoms with Gasteiger partial charge in [-0.25, -0.2) is 4.39 Å². The van der Waals surface area contributed by atoms with Crippen molar-refractivity contribution in [3.8, 4) is 0 Å². The highest BCUT2D eigenvalue weighted by atomic mass is 19.1. The minimum Gasteiger partial charge on any atom is -0.207 e. The number of allylic oxidation sites excluding steroid dienone is 1. The van der Waals surface area contributed by atoms with Crippen molar-refractivity contribution < 1.29 is 4.39 Å². The molecule has 0 N–H and O–H groups in total. The van der Waals surface area contributed by atoms with Gasteiger partial charge in [0.2, 0.25) is 0 Å². The minimum absolute atomic E-state index is 0.180. The lowest BCUT2D eigenvalue weighted by Crippen LogP contribution is -1.84. The number of halogens is 1. The van der Waals surface area contributed by atoms with Gasteiger partial charge in [0.05, 0.1) is 0 Å². The molecule has 1 aromatic carbocycles. The first-order valence-corrected chi connectivity index (χ1v) is 4.66. The molecule has 0 saturated carbocycles. The van der Waals surface area contributed by atoms with Crippen LogP contribution >= 0.6 is 0 Å². The van der Waals surface area contributed by atoms with E-state index in [-0.39, 0.29) is 5.82 Å². The van der Waals surface area contributed by atoms with Crippen molar-refractivity contribution in [2.24, 2.45) is 5.92 Å². The monoisotopic (exact) mass is 178 g/mol. The van der Waals surface area contributed by atoms with E-state index in [1.807, 2.05) is 6.08 Å². The summed E-state index contributed by atoms with van der Waals surface area (Å²) < 4.78 is 12.5. The average Bonchev–Trinajstić information content (AvgIpc) is 2.16. The van der Waals surface area contributed by atoms with Gasteiger partial charge in [-0.05, 0) is 23.6 Å². The Morgan fingerprint density at radius 1 is 1.31 bits per heavy atom. The van der Waals surface area contributed by atoms with E-state index in [1.165, 1.54) is 12.1 Å². The normalized spacial score (nSPS) is 13.5. The number of hydrogen-bond donors (Lipinski definition) is 0. The first-order valence-electron chi connectivity index (χ1n) is 4.66. The summed E-state index contributed by atoms with van der Waals surface area (Å²) in [5.41, 5.74) is 1.06. The number of rotatable bonds is 3. The van der Waals surface area contributed by atoms with E-state index >= 15 is 0 Å². The van der Waals surface area contributed by atoms with Crippen molar-refractivity contribution in [3.63, 3.8) is 0 Å². The van der Waals surface area contributed by atoms with E-state index in [4.69, 9.17) is 0 Å². The highest BCUT2D eigenvalue weighted by Gasteiger charge is 1.92. The number of benzene rings is 1. The van der Waals surface area contributed by atoms with Crippen LogP contribution in [0.4, 0.5) is 4.39 Å². The van der Waals surface area contributed by atoms with E-state index in [0.29, 0.717) is 5.92 Å². The third kappa shape index (κ3) is 3.41. The lowest BCUT2D eigenvalue weighted by molar-refractivity contribution is 0.627. The number of hydrogen-bond acceptors (Lipinski definition) is 0. The van der Waals surface area contributed by atoms with Gasteiger partial charge in [-0.15, -0.1) is 0 Å². The molecule has 0 nitrogen and oxygen atoms in total. The van der Waals surface area contributed by atoms with Crippen LogP contribution < -0.4 is 0 Å². The van der Waals surface area contributed by atoms with Crippen LogP contribution in [0.2, 0.25) is 0 Å². The summed E-state index contributed by atoms with van der Waals surface area (Å²) in [6.07, 6.45) is 5.32. The lowest BCUT2D eigenvalue weighted by atomic mass is 10.1. The molecule has 1 aromatic rings. The van der Waals surface area contributed by atoms with Gasteiger partial charge in [-0.1, -0.05) is 44.6 Å². The van der Waals surface area contributed by atoms with Crippen LogP contribution in [0, 0.1) is 11.7 Å². The molecule has 0 bridgehead atoms. The van der Waals surface area contributed by atoms with Gasteiger partial charge in [-0.2, -0.15) is 0 Å². The Balaban J connectivity index is 2.64. The fourth-order valence-corrected chi connectivity index (χ4v) is 0.985. The lowest BCUT2D eigenvalue weighted by Gasteiger charge is -1.99. The first-order chi connectivity index (χ1) is 6.22. The molecule has 0 aromatic heterocycles. The molecule has 0 heterocycles. The molecule has 1 rings (SSSR count). The molecule has 70 valence electrons. The molecule has 0 spiro atoms. The predicted molar refractivity (Wildman–Crippen MR) is 54.9 cm³/mol. The van der Waals surface area contributed by atoms with E-state index in [9.17, 15) is 4.39 Å². The Labute approximate surface area is 79.1 Å². The van der Waals surface area contributed by atoms with Crippen LogP contribution in [0.15, 0.2) is 30.3 Å². The van der Waals surface area contributed by atoms with Crippen molar-refractivity contribution in [2.75, 3.05) is 0 Å². The van der Waals surface area contributed by atoms with Gasteiger partial charge in [0.1, 0.15) is 5.82 Å². The Morgan fingerprint density at radius 3 is 2.46 bits per heavy atom. The molecular formula is C12H15F. The molecule has 0 aliphatic rings. The molecule has 13 heavy (non-hydrogen) atoms. The minimum atomic E-state index is -0.180. The highest BCUT2D eigenvalue weighted by Crippen LogP contribution is 2.08. The van der Waals surface area contributed by atoms with Crippen molar-refractivity contribution in [2.45, 2.75) is 20.3 Å². The van der Waals surface area contributed by atoms with Crippen molar-refractivity contribution >= 4 is 6.08 Å². The smallest absolute Gasteiger partial charge is 0.123 e. The molecule has 0 fully saturated rings. The van der Waals surface area contributed by atoms with Crippen LogP contribution in [0.25, 0.3) is 6.08 Å². The molecule has 0 aliphatic carbocycles. The van der Waals surface area contributed by atoms with Gasteiger partial charge in [-0.3, -0.25) is 0 Å². The van der Waals surface area contributed by atoms with E-state index in [2.05, 4.69) is 19.9 Å².